The van der Waals surface area contributed by atoms with Crippen molar-refractivity contribution in [1.82, 2.24) is 9.62 Å². The van der Waals surface area contributed by atoms with E-state index in [9.17, 15) is 13.2 Å². The van der Waals surface area contributed by atoms with Crippen LogP contribution >= 0.6 is 11.8 Å². The molecule has 1 rings (SSSR count). The van der Waals surface area contributed by atoms with Gasteiger partial charge < -0.3 is 10.0 Å². The Morgan fingerprint density at radius 2 is 2.17 bits per heavy atom. The summed E-state index contributed by atoms with van der Waals surface area (Å²) < 4.78 is 25.5. The maximum Gasteiger partial charge on any atom is 0.240 e. The van der Waals surface area contributed by atoms with E-state index in [-0.39, 0.29) is 11.7 Å². The van der Waals surface area contributed by atoms with Gasteiger partial charge in [0.15, 0.2) is 0 Å². The Kier molecular flexibility index (Phi) is 5.90. The molecule has 2 N–H and O–H groups in total. The van der Waals surface area contributed by atoms with Gasteiger partial charge in [-0.15, -0.1) is 0 Å². The zero-order valence-corrected chi connectivity index (χ0v) is 12.3. The molecule has 1 amide bonds. The second kappa shape index (κ2) is 6.74. The third-order valence-corrected chi connectivity index (χ3v) is 4.83. The standard InChI is InChI=1S/C10H20N2O4S2/c1-3-18(15,16)11-9(4-5-17-2)10(14)12-6-8(13)7-12/h8-9,11,13H,3-7H2,1-2H3. The summed E-state index contributed by atoms with van der Waals surface area (Å²) in [4.78, 5) is 13.5. The molecule has 6 nitrogen and oxygen atoms in total. The Morgan fingerprint density at radius 3 is 2.61 bits per heavy atom. The minimum Gasteiger partial charge on any atom is -0.389 e. The average Bonchev–Trinajstić information content (AvgIpc) is 2.29. The first-order chi connectivity index (χ1) is 8.39. The molecule has 106 valence electrons. The molecular formula is C10H20N2O4S2. The van der Waals surface area contributed by atoms with Gasteiger partial charge in [-0.25, -0.2) is 13.1 Å². The van der Waals surface area contributed by atoms with Gasteiger partial charge >= 0.3 is 0 Å². The quantitative estimate of drug-likeness (QED) is 0.645. The van der Waals surface area contributed by atoms with Gasteiger partial charge in [0.05, 0.1) is 11.9 Å². The summed E-state index contributed by atoms with van der Waals surface area (Å²) >= 11 is 1.56. The molecule has 1 saturated heterocycles. The fourth-order valence-corrected chi connectivity index (χ4v) is 2.91. The SMILES string of the molecule is CCS(=O)(=O)NC(CCSC)C(=O)N1CC(O)C1. The van der Waals surface area contributed by atoms with Gasteiger partial charge in [-0.2, -0.15) is 11.8 Å². The molecule has 8 heteroatoms. The number of nitrogens with zero attached hydrogens (tertiary/aromatic N) is 1. The van der Waals surface area contributed by atoms with Crippen molar-refractivity contribution in [2.45, 2.75) is 25.5 Å². The number of thioether (sulfide) groups is 1. The average molecular weight is 296 g/mol. The molecule has 1 unspecified atom stereocenters. The number of β-amino-alcohol motifs (C(OH)–C–C–N with tert-alkyl or cyclic N) is 1. The lowest BCUT2D eigenvalue weighted by Gasteiger charge is -2.38. The number of rotatable bonds is 7. The summed E-state index contributed by atoms with van der Waals surface area (Å²) in [5.74, 6) is 0.420. The summed E-state index contributed by atoms with van der Waals surface area (Å²) in [7, 11) is -3.39. The predicted octanol–water partition coefficient (Wildman–Crippen LogP) is -0.749. The molecule has 1 atom stereocenters. The first kappa shape index (κ1) is 15.7. The Hall–Kier alpha value is -0.310. The maximum absolute atomic E-state index is 12.0. The number of sulfonamides is 1. The van der Waals surface area contributed by atoms with Crippen LogP contribution in [0, 0.1) is 0 Å². The van der Waals surface area contributed by atoms with Crippen LogP contribution in [0.15, 0.2) is 0 Å². The molecular weight excluding hydrogens is 276 g/mol. The van der Waals surface area contributed by atoms with Crippen LogP contribution < -0.4 is 4.72 Å². The van der Waals surface area contributed by atoms with E-state index in [0.29, 0.717) is 25.3 Å². The lowest BCUT2D eigenvalue weighted by molar-refractivity contribution is -0.143. The Labute approximate surface area is 112 Å². The van der Waals surface area contributed by atoms with Gasteiger partial charge in [-0.05, 0) is 25.4 Å². The van der Waals surface area contributed by atoms with Crippen LogP contribution in [0.4, 0.5) is 0 Å². The van der Waals surface area contributed by atoms with Gasteiger partial charge in [0.25, 0.3) is 0 Å². The highest BCUT2D eigenvalue weighted by molar-refractivity contribution is 7.98. The Morgan fingerprint density at radius 1 is 1.56 bits per heavy atom. The summed E-state index contributed by atoms with van der Waals surface area (Å²) in [6.07, 6.45) is 1.90. The van der Waals surface area contributed by atoms with E-state index in [1.807, 2.05) is 6.26 Å². The fraction of sp³-hybridized carbons (Fsp3) is 0.900. The van der Waals surface area contributed by atoms with E-state index in [0.717, 1.165) is 0 Å². The monoisotopic (exact) mass is 296 g/mol. The summed E-state index contributed by atoms with van der Waals surface area (Å²) in [5, 5.41) is 9.17. The van der Waals surface area contributed by atoms with Gasteiger partial charge in [-0.1, -0.05) is 0 Å². The molecule has 0 aromatic rings. The van der Waals surface area contributed by atoms with Crippen LogP contribution in [0.2, 0.25) is 0 Å². The fourth-order valence-electron chi connectivity index (χ4n) is 1.62. The van der Waals surface area contributed by atoms with Gasteiger partial charge in [0.1, 0.15) is 6.04 Å². The normalized spacial score (nSPS) is 18.5. The molecule has 0 saturated carbocycles. The van der Waals surface area contributed by atoms with E-state index in [1.165, 1.54) is 11.8 Å². The minimum atomic E-state index is -3.39. The number of hydrogen-bond donors (Lipinski definition) is 2. The highest BCUT2D eigenvalue weighted by Gasteiger charge is 2.34. The van der Waals surface area contributed by atoms with E-state index < -0.39 is 22.2 Å². The van der Waals surface area contributed by atoms with Crippen molar-refractivity contribution >= 4 is 27.7 Å². The number of likely N-dealkylation sites (tertiary alicyclic amines) is 1. The van der Waals surface area contributed by atoms with Crippen molar-refractivity contribution in [2.75, 3.05) is 30.9 Å². The highest BCUT2D eigenvalue weighted by atomic mass is 32.2. The largest absolute Gasteiger partial charge is 0.389 e. The molecule has 0 aromatic carbocycles. The lowest BCUT2D eigenvalue weighted by atomic mass is 10.1. The number of aliphatic hydroxyl groups excluding tert-OH is 1. The second-order valence-corrected chi connectivity index (χ2v) is 7.28. The maximum atomic E-state index is 12.0. The van der Waals surface area contributed by atoms with Crippen molar-refractivity contribution in [2.24, 2.45) is 0 Å². The van der Waals surface area contributed by atoms with Crippen LogP contribution in [-0.4, -0.2) is 67.3 Å². The predicted molar refractivity (Wildman–Crippen MR) is 72.0 cm³/mol. The van der Waals surface area contributed by atoms with E-state index >= 15 is 0 Å². The van der Waals surface area contributed by atoms with E-state index in [1.54, 1.807) is 11.8 Å². The third kappa shape index (κ3) is 4.42. The molecule has 0 aliphatic carbocycles. The molecule has 1 heterocycles. The molecule has 0 aromatic heterocycles. The van der Waals surface area contributed by atoms with Crippen LogP contribution in [0.5, 0.6) is 0 Å². The third-order valence-electron chi connectivity index (χ3n) is 2.78. The number of carbonyl (C=O) groups excluding carboxylic acids is 1. The van der Waals surface area contributed by atoms with Crippen molar-refractivity contribution in [1.29, 1.82) is 0 Å². The Balaban J connectivity index is 2.62. The number of hydrogen-bond acceptors (Lipinski definition) is 5. The summed E-state index contributed by atoms with van der Waals surface area (Å²) in [5.41, 5.74) is 0. The lowest BCUT2D eigenvalue weighted by Crippen LogP contribution is -2.59. The second-order valence-electron chi connectivity index (χ2n) is 4.25. The summed E-state index contributed by atoms with van der Waals surface area (Å²) in [6, 6.07) is -0.713. The van der Waals surface area contributed by atoms with Crippen molar-refractivity contribution < 1.29 is 18.3 Å². The van der Waals surface area contributed by atoms with Crippen molar-refractivity contribution in [3.8, 4) is 0 Å². The molecule has 0 bridgehead atoms. The molecule has 18 heavy (non-hydrogen) atoms. The van der Waals surface area contributed by atoms with E-state index in [4.69, 9.17) is 5.11 Å². The molecule has 1 fully saturated rings. The zero-order valence-electron chi connectivity index (χ0n) is 10.6. The minimum absolute atomic E-state index is 0.0430. The number of nitrogens with one attached hydrogen (secondary N) is 1. The topological polar surface area (TPSA) is 86.7 Å². The van der Waals surface area contributed by atoms with Crippen molar-refractivity contribution in [3.63, 3.8) is 0 Å². The summed E-state index contributed by atoms with van der Waals surface area (Å²) in [6.45, 7) is 2.12. The Bertz CT molecular complexity index is 379. The molecule has 0 radical (unpaired) electrons. The number of amides is 1. The van der Waals surface area contributed by atoms with Crippen LogP contribution in [0.3, 0.4) is 0 Å². The molecule has 1 aliphatic rings. The van der Waals surface area contributed by atoms with Gasteiger partial charge in [-0.3, -0.25) is 4.79 Å². The zero-order chi connectivity index (χ0) is 13.8. The smallest absolute Gasteiger partial charge is 0.240 e. The van der Waals surface area contributed by atoms with Crippen molar-refractivity contribution in [3.05, 3.63) is 0 Å². The molecule has 0 spiro atoms. The number of aliphatic hydroxyl groups is 1. The van der Waals surface area contributed by atoms with Gasteiger partial charge in [0.2, 0.25) is 15.9 Å². The van der Waals surface area contributed by atoms with Crippen LogP contribution in [-0.2, 0) is 14.8 Å². The van der Waals surface area contributed by atoms with Gasteiger partial charge in [0, 0.05) is 13.1 Å². The first-order valence-electron chi connectivity index (χ1n) is 5.85. The molecule has 1 aliphatic heterocycles. The van der Waals surface area contributed by atoms with Crippen LogP contribution in [0.25, 0.3) is 0 Å². The number of carbonyl (C=O) groups is 1. The van der Waals surface area contributed by atoms with Crippen LogP contribution in [0.1, 0.15) is 13.3 Å². The van der Waals surface area contributed by atoms with E-state index in [2.05, 4.69) is 4.72 Å². The highest BCUT2D eigenvalue weighted by Crippen LogP contribution is 2.12. The first-order valence-corrected chi connectivity index (χ1v) is 8.90.